The van der Waals surface area contributed by atoms with Crippen LogP contribution >= 0.6 is 0 Å². The highest BCUT2D eigenvalue weighted by Crippen LogP contribution is 2.58. The summed E-state index contributed by atoms with van der Waals surface area (Å²) in [6, 6.07) is 53.1. The second-order valence-electron chi connectivity index (χ2n) is 10.6. The fourth-order valence-corrected chi connectivity index (χ4v) is 12.5. The van der Waals surface area contributed by atoms with Crippen molar-refractivity contribution in [3.63, 3.8) is 0 Å². The van der Waals surface area contributed by atoms with Crippen molar-refractivity contribution in [1.29, 1.82) is 0 Å². The number of nitrogens with zero attached hydrogens (tertiary/aromatic N) is 4. The van der Waals surface area contributed by atoms with Crippen LogP contribution in [0.4, 0.5) is 34.1 Å². The predicted octanol–water partition coefficient (Wildman–Crippen LogP) is 8.30. The lowest BCUT2D eigenvalue weighted by Gasteiger charge is -2.50. The summed E-state index contributed by atoms with van der Waals surface area (Å²) in [4.78, 5) is 0. The van der Waals surface area contributed by atoms with Gasteiger partial charge in [0.05, 0.1) is 23.5 Å². The van der Waals surface area contributed by atoms with E-state index in [-0.39, 0.29) is 12.1 Å². The molecule has 2 heterocycles. The van der Waals surface area contributed by atoms with Gasteiger partial charge in [-0.15, -0.1) is 0 Å². The van der Waals surface area contributed by atoms with Crippen LogP contribution in [0.15, 0.2) is 170 Å². The average Bonchev–Trinajstić information content (AvgIpc) is 3.51. The van der Waals surface area contributed by atoms with Crippen molar-refractivity contribution < 1.29 is 0 Å². The molecule has 0 amide bonds. The van der Waals surface area contributed by atoms with E-state index in [9.17, 15) is 0 Å². The molecule has 0 bridgehead atoms. The van der Waals surface area contributed by atoms with Gasteiger partial charge >= 0.3 is 8.72 Å². The minimum Gasteiger partial charge on any atom is -0.338 e. The van der Waals surface area contributed by atoms with Crippen molar-refractivity contribution in [1.82, 2.24) is 0 Å². The zero-order valence-electron chi connectivity index (χ0n) is 22.6. The second-order valence-corrected chi connectivity index (χ2v) is 13.7. The Hall–Kier alpha value is -5.00. The first-order chi connectivity index (χ1) is 20.4. The van der Waals surface area contributed by atoms with E-state index in [1.165, 1.54) is 34.1 Å². The minimum absolute atomic E-state index is 0.140. The van der Waals surface area contributed by atoms with Crippen LogP contribution in [0.3, 0.4) is 0 Å². The Morgan fingerprint density at radius 3 is 1.05 bits per heavy atom. The number of hydrogen-bond acceptors (Lipinski definition) is 4. The van der Waals surface area contributed by atoms with Gasteiger partial charge in [0, 0.05) is 22.7 Å². The zero-order valence-corrected chi connectivity index (χ0v) is 23.6. The molecule has 198 valence electrons. The Kier molecular flexibility index (Phi) is 5.57. The smallest absolute Gasteiger partial charge is 0.338 e. The van der Waals surface area contributed by atoms with Gasteiger partial charge in [-0.3, -0.25) is 0 Å². The molecule has 5 heteroatoms. The Balaban J connectivity index is 1.54. The summed E-state index contributed by atoms with van der Waals surface area (Å²) in [5, 5.41) is 0. The predicted molar refractivity (Wildman–Crippen MR) is 173 cm³/mol. The van der Waals surface area contributed by atoms with Crippen molar-refractivity contribution in [2.24, 2.45) is 0 Å². The molecule has 0 saturated carbocycles. The molecule has 1 spiro atoms. The van der Waals surface area contributed by atoms with Crippen molar-refractivity contribution in [3.05, 3.63) is 170 Å². The highest BCUT2D eigenvalue weighted by Gasteiger charge is 2.72. The van der Waals surface area contributed by atoms with E-state index in [0.717, 1.165) is 0 Å². The summed E-state index contributed by atoms with van der Waals surface area (Å²) < 4.78 is 10.9. The average molecular weight is 547 g/mol. The molecule has 1 saturated heterocycles. The first kappa shape index (κ1) is 23.8. The Morgan fingerprint density at radius 2 is 0.683 bits per heavy atom. The van der Waals surface area contributed by atoms with Crippen LogP contribution in [0.5, 0.6) is 0 Å². The maximum absolute atomic E-state index is 3.15. The summed E-state index contributed by atoms with van der Waals surface area (Å²) in [6.45, 7) is 0. The molecule has 1 fully saturated rings. The van der Waals surface area contributed by atoms with Gasteiger partial charge in [0.15, 0.2) is 0 Å². The number of anilines is 6. The summed E-state index contributed by atoms with van der Waals surface area (Å²) in [5.74, 6) is 0. The molecule has 0 N–H and O–H groups in total. The zero-order chi connectivity index (χ0) is 27.2. The fourth-order valence-electron chi connectivity index (χ4n) is 6.92. The van der Waals surface area contributed by atoms with Crippen LogP contribution in [-0.4, -0.2) is 20.8 Å². The van der Waals surface area contributed by atoms with E-state index < -0.39 is 8.72 Å². The summed E-state index contributed by atoms with van der Waals surface area (Å²) >= 11 is 0. The molecule has 3 aliphatic rings. The van der Waals surface area contributed by atoms with Gasteiger partial charge in [0.25, 0.3) is 0 Å². The molecule has 2 atom stereocenters. The highest BCUT2D eigenvalue weighted by molar-refractivity contribution is 6.97. The van der Waals surface area contributed by atoms with Crippen LogP contribution in [0.1, 0.15) is 0 Å². The lowest BCUT2D eigenvalue weighted by Crippen LogP contribution is -2.77. The van der Waals surface area contributed by atoms with Gasteiger partial charge in [-0.05, 0) is 60.7 Å². The van der Waals surface area contributed by atoms with E-state index in [0.29, 0.717) is 0 Å². The molecular formula is C36H30N4Si. The van der Waals surface area contributed by atoms with E-state index in [1.807, 2.05) is 0 Å². The Labute approximate surface area is 242 Å². The normalized spacial score (nSPS) is 20.0. The molecular weight excluding hydrogens is 517 g/mol. The molecule has 4 nitrogen and oxygen atoms in total. The first-order valence-corrected chi connectivity index (χ1v) is 16.0. The summed E-state index contributed by atoms with van der Waals surface area (Å²) in [6.07, 6.45) is 9.22. The molecule has 5 aromatic rings. The highest BCUT2D eigenvalue weighted by atomic mass is 28.4. The SMILES string of the molecule is C1=CC2C(C=C1)N(c1ccccc1)[Si]1(N(c3ccccc3)c3ccccc3N1c1ccccc1)N2c1ccccc1. The molecule has 2 unspecified atom stereocenters. The maximum atomic E-state index is 2.75. The fraction of sp³-hybridized carbons (Fsp3) is 0.0556. The molecule has 2 aliphatic heterocycles. The van der Waals surface area contributed by atoms with Crippen molar-refractivity contribution in [2.45, 2.75) is 12.1 Å². The topological polar surface area (TPSA) is 13.0 Å². The largest absolute Gasteiger partial charge is 0.513 e. The second kappa shape index (κ2) is 9.57. The van der Waals surface area contributed by atoms with Crippen LogP contribution in [0, 0.1) is 0 Å². The van der Waals surface area contributed by atoms with Gasteiger partial charge in [0.2, 0.25) is 0 Å². The van der Waals surface area contributed by atoms with E-state index in [4.69, 9.17) is 0 Å². The summed E-state index contributed by atoms with van der Waals surface area (Å²) in [5.41, 5.74) is 7.28. The lowest BCUT2D eigenvalue weighted by molar-refractivity contribution is 0.745. The van der Waals surface area contributed by atoms with Crippen LogP contribution in [0.2, 0.25) is 0 Å². The number of rotatable bonds is 4. The Bertz CT molecular complexity index is 1590. The third-order valence-corrected chi connectivity index (χ3v) is 13.0. The van der Waals surface area contributed by atoms with Crippen LogP contribution in [-0.2, 0) is 0 Å². The lowest BCUT2D eigenvalue weighted by atomic mass is 10.0. The van der Waals surface area contributed by atoms with Gasteiger partial charge < -0.3 is 18.3 Å². The quantitative estimate of drug-likeness (QED) is 0.210. The van der Waals surface area contributed by atoms with Crippen molar-refractivity contribution >= 4 is 42.8 Å². The number of hydrogen-bond donors (Lipinski definition) is 0. The monoisotopic (exact) mass is 546 g/mol. The number of para-hydroxylation sites is 6. The van der Waals surface area contributed by atoms with Crippen molar-refractivity contribution in [3.8, 4) is 0 Å². The molecule has 0 aromatic heterocycles. The molecule has 1 aliphatic carbocycles. The van der Waals surface area contributed by atoms with Crippen LogP contribution < -0.4 is 18.3 Å². The maximum Gasteiger partial charge on any atom is 0.513 e. The van der Waals surface area contributed by atoms with Crippen LogP contribution in [0.25, 0.3) is 0 Å². The molecule has 8 rings (SSSR count). The van der Waals surface area contributed by atoms with E-state index in [1.54, 1.807) is 0 Å². The van der Waals surface area contributed by atoms with Gasteiger partial charge in [0.1, 0.15) is 0 Å². The molecule has 41 heavy (non-hydrogen) atoms. The van der Waals surface area contributed by atoms with Gasteiger partial charge in [-0.25, -0.2) is 0 Å². The standard InChI is InChI=1S/C36H30N4Si/c1-5-17-29(18-6-1)37-33-25-13-14-26-34(33)38(30-19-7-2-8-20-30)41(37)39(31-21-9-3-10-22-31)35-27-15-16-28-36(35)40(41)32-23-11-4-12-24-32/h1-28,33-34H. The van der Waals surface area contributed by atoms with Gasteiger partial charge in [-0.1, -0.05) is 109 Å². The summed E-state index contributed by atoms with van der Waals surface area (Å²) in [7, 11) is -3.15. The van der Waals surface area contributed by atoms with Crippen molar-refractivity contribution in [2.75, 3.05) is 18.3 Å². The van der Waals surface area contributed by atoms with E-state index >= 15 is 0 Å². The number of allylic oxidation sites excluding steroid dienone is 2. The third-order valence-electron chi connectivity index (χ3n) is 8.38. The Morgan fingerprint density at radius 1 is 0.366 bits per heavy atom. The first-order valence-electron chi connectivity index (χ1n) is 14.2. The number of benzene rings is 5. The minimum atomic E-state index is -3.15. The molecule has 0 radical (unpaired) electrons. The molecule has 5 aromatic carbocycles. The number of fused-ring (bicyclic) bond motifs is 2. The van der Waals surface area contributed by atoms with E-state index in [2.05, 4.69) is 188 Å². The third kappa shape index (κ3) is 3.46. The van der Waals surface area contributed by atoms with Gasteiger partial charge in [-0.2, -0.15) is 0 Å².